The number of rotatable bonds is 8. The van der Waals surface area contributed by atoms with Gasteiger partial charge in [0.05, 0.1) is 12.7 Å². The number of amides is 1. The van der Waals surface area contributed by atoms with Crippen molar-refractivity contribution < 1.29 is 25.8 Å². The minimum atomic E-state index is -4.55. The number of alkyl halides is 3. The van der Waals surface area contributed by atoms with E-state index < -0.39 is 30.6 Å². The van der Waals surface area contributed by atoms with Crippen LogP contribution in [-0.4, -0.2) is 42.2 Å². The van der Waals surface area contributed by atoms with Gasteiger partial charge in [-0.15, -0.1) is 0 Å². The second-order valence-electron chi connectivity index (χ2n) is 9.33. The van der Waals surface area contributed by atoms with Crippen molar-refractivity contribution in [1.29, 1.82) is 0 Å². The van der Waals surface area contributed by atoms with E-state index in [1.54, 1.807) is 6.07 Å². The van der Waals surface area contributed by atoms with E-state index >= 15 is 0 Å². The van der Waals surface area contributed by atoms with Crippen molar-refractivity contribution in [2.24, 2.45) is 22.6 Å². The van der Waals surface area contributed by atoms with Crippen LogP contribution < -0.4 is 10.5 Å². The topological polar surface area (TPSA) is 77.1 Å². The molecule has 1 atom stereocenters. The van der Waals surface area contributed by atoms with Crippen molar-refractivity contribution in [1.82, 2.24) is 4.90 Å². The Labute approximate surface area is 205 Å². The van der Waals surface area contributed by atoms with Gasteiger partial charge in [0.15, 0.2) is 12.0 Å². The lowest BCUT2D eigenvalue weighted by Gasteiger charge is -2.28. The van der Waals surface area contributed by atoms with Gasteiger partial charge in [-0.1, -0.05) is 12.5 Å². The third kappa shape index (κ3) is 6.12. The van der Waals surface area contributed by atoms with Gasteiger partial charge in [0.1, 0.15) is 35.3 Å². The standard InChI is InChI=1S/C23H29F3IN3O3/c24-23(25,26)13-30-21(31)20(29-22(30)28)19-11-18(32-12-15-2-1-3-15)9-6-16(19)10-14-4-7-17(33-27)8-5-14/h6,9,11,14-15,17,20H,1-5,7-8,10,12-13H2,(H2,28,29)/t14-,17+,20?. The molecule has 3 aliphatic rings. The summed E-state index contributed by atoms with van der Waals surface area (Å²) in [6, 6.07) is 4.50. The van der Waals surface area contributed by atoms with Gasteiger partial charge in [0.2, 0.25) is 0 Å². The highest BCUT2D eigenvalue weighted by Crippen LogP contribution is 2.37. The highest BCUT2D eigenvalue weighted by molar-refractivity contribution is 14.1. The van der Waals surface area contributed by atoms with Crippen LogP contribution in [0.3, 0.4) is 0 Å². The Hall–Kier alpha value is -1.56. The molecule has 2 saturated carbocycles. The summed E-state index contributed by atoms with van der Waals surface area (Å²) < 4.78 is 50.3. The molecule has 1 heterocycles. The Morgan fingerprint density at radius 2 is 1.85 bits per heavy atom. The first-order valence-corrected chi connectivity index (χ1v) is 12.4. The number of nitrogens with two attached hydrogens (primary N) is 1. The fourth-order valence-corrected chi connectivity index (χ4v) is 5.28. The molecule has 2 aliphatic carbocycles. The minimum absolute atomic E-state index is 0.264. The van der Waals surface area contributed by atoms with Gasteiger partial charge < -0.3 is 13.5 Å². The zero-order valence-corrected chi connectivity index (χ0v) is 20.5. The normalized spacial score (nSPS) is 26.3. The minimum Gasteiger partial charge on any atom is -0.493 e. The molecule has 1 amide bonds. The first-order valence-electron chi connectivity index (χ1n) is 11.5. The number of nitrogens with zero attached hydrogens (tertiary/aromatic N) is 2. The molecule has 2 N–H and O–H groups in total. The van der Waals surface area contributed by atoms with Crippen molar-refractivity contribution in [3.63, 3.8) is 0 Å². The zero-order chi connectivity index (χ0) is 23.6. The maximum atomic E-state index is 13.0. The molecule has 1 aromatic carbocycles. The SMILES string of the molecule is NC1=NC(c2cc(OCC3CCC3)ccc2C[C@H]2CC[C@@H](OI)CC2)C(=O)N1CC(F)(F)F. The van der Waals surface area contributed by atoms with Crippen molar-refractivity contribution in [3.05, 3.63) is 29.3 Å². The number of carbonyl (C=O) groups is 1. The van der Waals surface area contributed by atoms with E-state index in [4.69, 9.17) is 13.5 Å². The largest absolute Gasteiger partial charge is 0.493 e. The molecule has 1 aliphatic heterocycles. The molecule has 0 bridgehead atoms. The van der Waals surface area contributed by atoms with E-state index in [1.807, 2.05) is 35.1 Å². The van der Waals surface area contributed by atoms with Crippen LogP contribution in [0.25, 0.3) is 0 Å². The van der Waals surface area contributed by atoms with Gasteiger partial charge in [0.25, 0.3) is 5.91 Å². The van der Waals surface area contributed by atoms with Crippen LogP contribution in [-0.2, 0) is 14.3 Å². The Bertz CT molecular complexity index is 883. The molecule has 0 spiro atoms. The zero-order valence-electron chi connectivity index (χ0n) is 18.3. The molecule has 6 nitrogen and oxygen atoms in total. The molecule has 1 aromatic rings. The van der Waals surface area contributed by atoms with Crippen molar-refractivity contribution in [2.75, 3.05) is 13.2 Å². The Morgan fingerprint density at radius 1 is 1.12 bits per heavy atom. The average molecular weight is 579 g/mol. The molecular formula is C23H29F3IN3O3. The summed E-state index contributed by atoms with van der Waals surface area (Å²) >= 11 is 1.94. The number of benzene rings is 1. The molecule has 1 unspecified atom stereocenters. The van der Waals surface area contributed by atoms with E-state index in [1.165, 1.54) is 6.42 Å². The van der Waals surface area contributed by atoms with Crippen LogP contribution in [0.1, 0.15) is 62.1 Å². The molecule has 0 saturated heterocycles. The highest BCUT2D eigenvalue weighted by Gasteiger charge is 2.42. The summed E-state index contributed by atoms with van der Waals surface area (Å²) in [6.45, 7) is -0.839. The maximum absolute atomic E-state index is 13.0. The Kier molecular flexibility index (Phi) is 7.72. The number of aliphatic imine (C=N–C) groups is 1. The van der Waals surface area contributed by atoms with Gasteiger partial charge in [-0.05, 0) is 80.0 Å². The number of ether oxygens (including phenoxy) is 1. The maximum Gasteiger partial charge on any atom is 0.406 e. The first kappa shape index (κ1) is 24.6. The molecule has 33 heavy (non-hydrogen) atoms. The predicted octanol–water partition coefficient (Wildman–Crippen LogP) is 5.09. The second-order valence-corrected chi connectivity index (χ2v) is 9.84. The van der Waals surface area contributed by atoms with Gasteiger partial charge >= 0.3 is 6.18 Å². The van der Waals surface area contributed by atoms with Gasteiger partial charge in [0, 0.05) is 0 Å². The number of hydrogen-bond acceptors (Lipinski definition) is 5. The lowest BCUT2D eigenvalue weighted by molar-refractivity contribution is -0.152. The summed E-state index contributed by atoms with van der Waals surface area (Å²) in [4.78, 5) is 17.6. The fraction of sp³-hybridized carbons (Fsp3) is 0.652. The molecule has 182 valence electrons. The van der Waals surface area contributed by atoms with E-state index in [2.05, 4.69) is 4.99 Å². The monoisotopic (exact) mass is 579 g/mol. The molecular weight excluding hydrogens is 550 g/mol. The summed E-state index contributed by atoms with van der Waals surface area (Å²) in [6.07, 6.45) is 3.87. The molecule has 10 heteroatoms. The van der Waals surface area contributed by atoms with Crippen LogP contribution in [0.4, 0.5) is 13.2 Å². The molecule has 0 aromatic heterocycles. The van der Waals surface area contributed by atoms with Crippen molar-refractivity contribution in [2.45, 2.75) is 69.7 Å². The quantitative estimate of drug-likeness (QED) is 0.436. The number of halogens is 4. The summed E-state index contributed by atoms with van der Waals surface area (Å²) in [5.74, 6) is 0.418. The fourth-order valence-electron chi connectivity index (χ4n) is 4.77. The second kappa shape index (κ2) is 10.4. The van der Waals surface area contributed by atoms with E-state index in [0.717, 1.165) is 50.5 Å². The van der Waals surface area contributed by atoms with Gasteiger partial charge in [-0.3, -0.25) is 9.69 Å². The summed E-state index contributed by atoms with van der Waals surface area (Å²) in [5, 5.41) is 0. The van der Waals surface area contributed by atoms with Crippen LogP contribution in [0.15, 0.2) is 23.2 Å². The van der Waals surface area contributed by atoms with E-state index in [0.29, 0.717) is 34.7 Å². The number of hydrogen-bond donors (Lipinski definition) is 1. The number of guanidine groups is 1. The van der Waals surface area contributed by atoms with Crippen LogP contribution in [0.2, 0.25) is 0 Å². The van der Waals surface area contributed by atoms with Crippen LogP contribution in [0.5, 0.6) is 5.75 Å². The Morgan fingerprint density at radius 3 is 2.45 bits per heavy atom. The van der Waals surface area contributed by atoms with Crippen LogP contribution in [0, 0.1) is 11.8 Å². The highest BCUT2D eigenvalue weighted by atomic mass is 127. The first-order chi connectivity index (χ1) is 15.7. The summed E-state index contributed by atoms with van der Waals surface area (Å²) in [5.41, 5.74) is 7.24. The van der Waals surface area contributed by atoms with Crippen molar-refractivity contribution >= 4 is 34.9 Å². The lowest BCUT2D eigenvalue weighted by atomic mass is 9.82. The average Bonchev–Trinajstić information content (AvgIpc) is 3.01. The number of carbonyl (C=O) groups excluding carboxylic acids is 1. The van der Waals surface area contributed by atoms with E-state index in [9.17, 15) is 18.0 Å². The van der Waals surface area contributed by atoms with Crippen LogP contribution >= 0.6 is 23.0 Å². The molecule has 0 radical (unpaired) electrons. The van der Waals surface area contributed by atoms with Crippen molar-refractivity contribution in [3.8, 4) is 5.75 Å². The third-order valence-electron chi connectivity index (χ3n) is 6.93. The van der Waals surface area contributed by atoms with Gasteiger partial charge in [-0.25, -0.2) is 4.99 Å². The molecule has 2 fully saturated rings. The van der Waals surface area contributed by atoms with E-state index in [-0.39, 0.29) is 6.10 Å². The Balaban J connectivity index is 1.55. The van der Waals surface area contributed by atoms with Gasteiger partial charge in [-0.2, -0.15) is 13.2 Å². The third-order valence-corrected chi connectivity index (χ3v) is 7.65. The molecule has 4 rings (SSSR count). The predicted molar refractivity (Wildman–Crippen MR) is 126 cm³/mol. The smallest absolute Gasteiger partial charge is 0.406 e. The lowest BCUT2D eigenvalue weighted by Crippen LogP contribution is -2.43. The summed E-state index contributed by atoms with van der Waals surface area (Å²) in [7, 11) is 0.